The van der Waals surface area contributed by atoms with Gasteiger partial charge in [-0.15, -0.1) is 0 Å². The van der Waals surface area contributed by atoms with Gasteiger partial charge in [-0.3, -0.25) is 9.59 Å². The highest BCUT2D eigenvalue weighted by Gasteiger charge is 2.26. The highest BCUT2D eigenvalue weighted by molar-refractivity contribution is 5.89. The van der Waals surface area contributed by atoms with E-state index >= 15 is 0 Å². The molecule has 29 heavy (non-hydrogen) atoms. The Morgan fingerprint density at radius 2 is 2.03 bits per heavy atom. The van der Waals surface area contributed by atoms with Crippen LogP contribution >= 0.6 is 0 Å². The molecule has 0 spiro atoms. The molecule has 0 saturated carbocycles. The van der Waals surface area contributed by atoms with Crippen molar-refractivity contribution in [1.29, 1.82) is 0 Å². The lowest BCUT2D eigenvalue weighted by atomic mass is 9.96. The number of nitrogens with zero attached hydrogens (tertiary/aromatic N) is 4. The second-order valence-electron chi connectivity index (χ2n) is 7.48. The fraction of sp³-hybridized carbons (Fsp3) is 0.333. The zero-order valence-electron chi connectivity index (χ0n) is 16.6. The first-order valence-electron chi connectivity index (χ1n) is 9.42. The van der Waals surface area contributed by atoms with Crippen LogP contribution in [0, 0.1) is 6.92 Å². The van der Waals surface area contributed by atoms with E-state index < -0.39 is 11.5 Å². The van der Waals surface area contributed by atoms with Crippen LogP contribution in [0.15, 0.2) is 29.2 Å². The average molecular weight is 394 g/mol. The molecular weight excluding hydrogens is 372 g/mol. The van der Waals surface area contributed by atoms with Gasteiger partial charge in [-0.05, 0) is 42.2 Å². The van der Waals surface area contributed by atoms with Gasteiger partial charge in [-0.25, -0.2) is 9.78 Å². The van der Waals surface area contributed by atoms with Crippen molar-refractivity contribution in [1.82, 2.24) is 19.0 Å². The number of imidazole rings is 1. The highest BCUT2D eigenvalue weighted by atomic mass is 16.4. The summed E-state index contributed by atoms with van der Waals surface area (Å²) < 4.78 is 3.41. The van der Waals surface area contributed by atoms with Crippen LogP contribution in [0.4, 0.5) is 0 Å². The Morgan fingerprint density at radius 1 is 1.28 bits per heavy atom. The second kappa shape index (κ2) is 6.88. The van der Waals surface area contributed by atoms with E-state index in [0.717, 1.165) is 22.4 Å². The third-order valence-corrected chi connectivity index (χ3v) is 5.65. The van der Waals surface area contributed by atoms with Crippen molar-refractivity contribution in [2.24, 2.45) is 7.05 Å². The average Bonchev–Trinajstić information content (AvgIpc) is 2.95. The predicted molar refractivity (Wildman–Crippen MR) is 107 cm³/mol. The summed E-state index contributed by atoms with van der Waals surface area (Å²) in [4.78, 5) is 42.7. The second-order valence-corrected chi connectivity index (χ2v) is 7.48. The van der Waals surface area contributed by atoms with E-state index in [1.807, 2.05) is 36.7 Å². The number of aromatic carboxylic acids is 1. The van der Waals surface area contributed by atoms with Gasteiger partial charge >= 0.3 is 5.97 Å². The van der Waals surface area contributed by atoms with Crippen LogP contribution < -0.4 is 5.56 Å². The minimum absolute atomic E-state index is 0.0683. The Hall–Kier alpha value is -3.42. The molecule has 4 rings (SSSR count). The van der Waals surface area contributed by atoms with Gasteiger partial charge in [0.25, 0.3) is 5.56 Å². The lowest BCUT2D eigenvalue weighted by molar-refractivity contribution is -0.129. The quantitative estimate of drug-likeness (QED) is 0.729. The molecule has 2 aromatic heterocycles. The summed E-state index contributed by atoms with van der Waals surface area (Å²) in [5, 5.41) is 9.66. The molecule has 0 bridgehead atoms. The van der Waals surface area contributed by atoms with Crippen molar-refractivity contribution >= 4 is 22.9 Å². The molecule has 1 aromatic carbocycles. The number of amides is 1. The van der Waals surface area contributed by atoms with Crippen LogP contribution in [0.5, 0.6) is 0 Å². The van der Waals surface area contributed by atoms with Crippen molar-refractivity contribution in [3.8, 4) is 0 Å². The number of fused-ring (bicyclic) bond motifs is 2. The zero-order chi connectivity index (χ0) is 20.9. The zero-order valence-corrected chi connectivity index (χ0v) is 16.6. The number of pyridine rings is 1. The number of aromatic nitrogens is 3. The number of aryl methyl sites for hydroxylation is 2. The molecule has 150 valence electrons. The Balaban J connectivity index is 1.79. The maximum atomic E-state index is 12.9. The molecular formula is C21H22N4O4. The molecule has 1 amide bonds. The molecule has 1 aliphatic rings. The van der Waals surface area contributed by atoms with E-state index in [-0.39, 0.29) is 18.0 Å². The summed E-state index contributed by atoms with van der Waals surface area (Å²) >= 11 is 0. The summed E-state index contributed by atoms with van der Waals surface area (Å²) in [7, 11) is 1.94. The van der Waals surface area contributed by atoms with Crippen molar-refractivity contribution in [2.75, 3.05) is 6.54 Å². The molecule has 0 fully saturated rings. The highest BCUT2D eigenvalue weighted by Crippen LogP contribution is 2.22. The van der Waals surface area contributed by atoms with Gasteiger partial charge in [0.05, 0.1) is 17.6 Å². The van der Waals surface area contributed by atoms with Crippen LogP contribution in [0.1, 0.15) is 39.8 Å². The van der Waals surface area contributed by atoms with E-state index in [2.05, 4.69) is 4.98 Å². The fourth-order valence-electron chi connectivity index (χ4n) is 3.98. The van der Waals surface area contributed by atoms with Crippen molar-refractivity contribution in [2.45, 2.75) is 33.4 Å². The van der Waals surface area contributed by atoms with E-state index in [0.29, 0.717) is 30.6 Å². The number of carbonyl (C=O) groups excluding carboxylic acids is 1. The van der Waals surface area contributed by atoms with Gasteiger partial charge in [0.2, 0.25) is 5.91 Å². The third kappa shape index (κ3) is 3.20. The van der Waals surface area contributed by atoms with Crippen molar-refractivity contribution in [3.05, 3.63) is 62.8 Å². The maximum absolute atomic E-state index is 12.9. The fourth-order valence-corrected chi connectivity index (χ4v) is 3.98. The predicted octanol–water partition coefficient (Wildman–Crippen LogP) is 1.69. The topological polar surface area (TPSA) is 97.4 Å². The minimum Gasteiger partial charge on any atom is -0.477 e. The van der Waals surface area contributed by atoms with Crippen molar-refractivity contribution < 1.29 is 14.7 Å². The van der Waals surface area contributed by atoms with Crippen LogP contribution in [0.2, 0.25) is 0 Å². The molecule has 0 unspecified atom stereocenters. The summed E-state index contributed by atoms with van der Waals surface area (Å²) in [6.45, 7) is 4.38. The number of benzene rings is 1. The number of carboxylic acid groups (broad SMARTS) is 1. The standard InChI is InChI=1S/C21H22N4O4/c1-12-22-17-8-14(4-5-18(17)23(12)3)9-25-11-15-10-24(13(2)26)7-6-16(15)19(20(25)27)21(28)29/h4-5,8,11H,6-7,9-10H2,1-3H3,(H,28,29). The smallest absolute Gasteiger partial charge is 0.341 e. The number of hydrogen-bond acceptors (Lipinski definition) is 4. The first-order valence-corrected chi connectivity index (χ1v) is 9.42. The summed E-state index contributed by atoms with van der Waals surface area (Å²) in [6, 6.07) is 5.78. The Bertz CT molecular complexity index is 1220. The lowest BCUT2D eigenvalue weighted by Gasteiger charge is -2.29. The monoisotopic (exact) mass is 394 g/mol. The Morgan fingerprint density at radius 3 is 2.72 bits per heavy atom. The number of rotatable bonds is 3. The first-order chi connectivity index (χ1) is 13.8. The number of carbonyl (C=O) groups is 2. The molecule has 8 heteroatoms. The summed E-state index contributed by atoms with van der Waals surface area (Å²) in [6.07, 6.45) is 2.05. The summed E-state index contributed by atoms with van der Waals surface area (Å²) in [5.41, 5.74) is 3.20. The Kier molecular flexibility index (Phi) is 4.49. The summed E-state index contributed by atoms with van der Waals surface area (Å²) in [5.74, 6) is -0.408. The van der Waals surface area contributed by atoms with Crippen LogP contribution in [-0.4, -0.2) is 42.5 Å². The van der Waals surface area contributed by atoms with Crippen LogP contribution in [0.25, 0.3) is 11.0 Å². The molecule has 0 saturated heterocycles. The maximum Gasteiger partial charge on any atom is 0.341 e. The van der Waals surface area contributed by atoms with Gasteiger partial charge in [0.15, 0.2) is 0 Å². The molecule has 3 heterocycles. The van der Waals surface area contributed by atoms with E-state index in [1.165, 1.54) is 11.5 Å². The lowest BCUT2D eigenvalue weighted by Crippen LogP contribution is -2.38. The van der Waals surface area contributed by atoms with Crippen LogP contribution in [0.3, 0.4) is 0 Å². The number of hydrogen-bond donors (Lipinski definition) is 1. The van der Waals surface area contributed by atoms with Crippen molar-refractivity contribution in [3.63, 3.8) is 0 Å². The molecule has 0 atom stereocenters. The van der Waals surface area contributed by atoms with E-state index in [9.17, 15) is 19.5 Å². The normalized spacial score (nSPS) is 13.6. The molecule has 0 radical (unpaired) electrons. The molecule has 1 aliphatic heterocycles. The molecule has 0 aliphatic carbocycles. The molecule has 1 N–H and O–H groups in total. The van der Waals surface area contributed by atoms with Gasteiger partial charge < -0.3 is 19.1 Å². The minimum atomic E-state index is -1.23. The van der Waals surface area contributed by atoms with Crippen LogP contribution in [-0.2, 0) is 31.4 Å². The largest absolute Gasteiger partial charge is 0.477 e. The van der Waals surface area contributed by atoms with Gasteiger partial charge in [-0.1, -0.05) is 6.07 Å². The van der Waals surface area contributed by atoms with Gasteiger partial charge in [-0.2, -0.15) is 0 Å². The molecule has 3 aromatic rings. The van der Waals surface area contributed by atoms with Gasteiger partial charge in [0, 0.05) is 33.3 Å². The Labute approximate surface area is 167 Å². The number of carboxylic acids is 1. The van der Waals surface area contributed by atoms with E-state index in [1.54, 1.807) is 11.1 Å². The SMILES string of the molecule is CC(=O)N1CCc2c(cn(Cc3ccc4c(c3)nc(C)n4C)c(=O)c2C(=O)O)C1. The third-order valence-electron chi connectivity index (χ3n) is 5.65. The van der Waals surface area contributed by atoms with Gasteiger partial charge in [0.1, 0.15) is 11.4 Å². The first kappa shape index (κ1) is 18.9. The van der Waals surface area contributed by atoms with E-state index in [4.69, 9.17) is 0 Å². The molecule has 8 nitrogen and oxygen atoms in total.